The molecule has 9 nitrogen and oxygen atoms in total. The summed E-state index contributed by atoms with van der Waals surface area (Å²) in [5.41, 5.74) is 4.62. The van der Waals surface area contributed by atoms with Crippen LogP contribution in [0.1, 0.15) is 29.8 Å². The zero-order valence-corrected chi connectivity index (χ0v) is 24.3. The van der Waals surface area contributed by atoms with Crippen molar-refractivity contribution in [3.8, 4) is 22.6 Å². The molecule has 42 heavy (non-hydrogen) atoms. The number of nitrogens with one attached hydrogen (secondary N) is 2. The number of esters is 1. The monoisotopic (exact) mass is 566 g/mol. The number of pyridine rings is 1. The lowest BCUT2D eigenvalue weighted by Gasteiger charge is -2.40. The lowest BCUT2D eigenvalue weighted by molar-refractivity contribution is -0.121. The first kappa shape index (κ1) is 28.6. The molecule has 2 N–H and O–H groups in total. The Morgan fingerprint density at radius 2 is 1.79 bits per heavy atom. The van der Waals surface area contributed by atoms with Crippen LogP contribution >= 0.6 is 0 Å². The number of hydrogen-bond donors (Lipinski definition) is 2. The summed E-state index contributed by atoms with van der Waals surface area (Å²) < 4.78 is 17.3. The zero-order chi connectivity index (χ0) is 29.9. The SMILES string of the molecule is COc1cc(OC(=O)c2cccnc2)ccc1-c1ccc2c(c1CC(Nc1ccccc1)OC)N(C)C(=O)C(C)(C)N2. The standard InChI is InChI=1S/C33H34N4O5/c1-33(2)32(39)37(3)30-26(19-29(41-5)35-22-11-7-6-8-12-22)24(15-16-27(30)36-33)25-14-13-23(18-28(25)40-4)42-31(38)21-10-9-17-34-20-21/h6-18,20,29,35-36H,19H2,1-5H3. The molecule has 1 atom stereocenters. The lowest BCUT2D eigenvalue weighted by atomic mass is 9.89. The topological polar surface area (TPSA) is 102 Å². The maximum absolute atomic E-state index is 13.4. The Kier molecular flexibility index (Phi) is 8.13. The van der Waals surface area contributed by atoms with Crippen LogP contribution in [0.3, 0.4) is 0 Å². The number of carbonyl (C=O) groups excluding carboxylic acids is 2. The normalized spacial score (nSPS) is 14.4. The highest BCUT2D eigenvalue weighted by atomic mass is 16.5. The highest BCUT2D eigenvalue weighted by Crippen LogP contribution is 2.45. The van der Waals surface area contributed by atoms with Crippen molar-refractivity contribution in [2.45, 2.75) is 32.0 Å². The molecule has 1 amide bonds. The number of amides is 1. The second kappa shape index (κ2) is 11.9. The molecular weight excluding hydrogens is 532 g/mol. The molecule has 1 aliphatic heterocycles. The van der Waals surface area contributed by atoms with E-state index in [1.807, 2.05) is 62.4 Å². The van der Waals surface area contributed by atoms with Gasteiger partial charge in [0.1, 0.15) is 23.3 Å². The van der Waals surface area contributed by atoms with Gasteiger partial charge in [0.25, 0.3) is 5.91 Å². The van der Waals surface area contributed by atoms with E-state index in [0.717, 1.165) is 33.8 Å². The third kappa shape index (κ3) is 5.77. The summed E-state index contributed by atoms with van der Waals surface area (Å²) in [5.74, 6) is 0.273. The van der Waals surface area contributed by atoms with Gasteiger partial charge in [0.15, 0.2) is 0 Å². The molecular formula is C33H34N4O5. The molecule has 1 aromatic heterocycles. The minimum Gasteiger partial charge on any atom is -0.496 e. The molecule has 5 rings (SSSR count). The van der Waals surface area contributed by atoms with Gasteiger partial charge >= 0.3 is 5.97 Å². The number of carbonyl (C=O) groups is 2. The van der Waals surface area contributed by atoms with Crippen LogP contribution in [-0.2, 0) is 16.0 Å². The second-order valence-corrected chi connectivity index (χ2v) is 10.5. The van der Waals surface area contributed by atoms with Crippen LogP contribution in [0.4, 0.5) is 17.1 Å². The molecule has 0 aliphatic carbocycles. The van der Waals surface area contributed by atoms with Crippen molar-refractivity contribution >= 4 is 28.9 Å². The number of ether oxygens (including phenoxy) is 3. The number of hydrogen-bond acceptors (Lipinski definition) is 8. The van der Waals surface area contributed by atoms with Crippen LogP contribution in [0, 0.1) is 0 Å². The van der Waals surface area contributed by atoms with E-state index in [4.69, 9.17) is 14.2 Å². The summed E-state index contributed by atoms with van der Waals surface area (Å²) >= 11 is 0. The summed E-state index contributed by atoms with van der Waals surface area (Å²) in [4.78, 5) is 31.7. The van der Waals surface area contributed by atoms with E-state index in [0.29, 0.717) is 23.5 Å². The van der Waals surface area contributed by atoms with Crippen molar-refractivity contribution in [2.24, 2.45) is 0 Å². The minimum atomic E-state index is -0.763. The quantitative estimate of drug-likeness (QED) is 0.150. The molecule has 2 heterocycles. The highest BCUT2D eigenvalue weighted by molar-refractivity contribution is 6.09. The van der Waals surface area contributed by atoms with Crippen molar-refractivity contribution in [3.63, 3.8) is 0 Å². The summed E-state index contributed by atoms with van der Waals surface area (Å²) in [6, 6.07) is 22.4. The van der Waals surface area contributed by atoms with Crippen molar-refractivity contribution in [3.05, 3.63) is 96.3 Å². The molecule has 3 aromatic carbocycles. The fourth-order valence-electron chi connectivity index (χ4n) is 5.20. The Bertz CT molecular complexity index is 1590. The number of para-hydroxylation sites is 1. The molecule has 0 fully saturated rings. The van der Waals surface area contributed by atoms with E-state index in [1.165, 1.54) is 6.20 Å². The molecule has 0 saturated carbocycles. The summed E-state index contributed by atoms with van der Waals surface area (Å²) in [5, 5.41) is 6.84. The maximum Gasteiger partial charge on any atom is 0.345 e. The van der Waals surface area contributed by atoms with Crippen molar-refractivity contribution in [2.75, 3.05) is 36.8 Å². The Hall–Kier alpha value is -4.89. The number of anilines is 3. The smallest absolute Gasteiger partial charge is 0.345 e. The van der Waals surface area contributed by atoms with Gasteiger partial charge in [-0.05, 0) is 67.4 Å². The molecule has 9 heteroatoms. The average molecular weight is 567 g/mol. The molecule has 0 spiro atoms. The zero-order valence-electron chi connectivity index (χ0n) is 24.3. The first-order valence-corrected chi connectivity index (χ1v) is 13.6. The Labute approximate surface area is 245 Å². The van der Waals surface area contributed by atoms with Crippen molar-refractivity contribution in [1.82, 2.24) is 4.98 Å². The van der Waals surface area contributed by atoms with E-state index in [-0.39, 0.29) is 5.91 Å². The number of nitrogens with zero attached hydrogens (tertiary/aromatic N) is 2. The van der Waals surface area contributed by atoms with E-state index >= 15 is 0 Å². The Morgan fingerprint density at radius 1 is 1.02 bits per heavy atom. The number of rotatable bonds is 9. The average Bonchev–Trinajstić information content (AvgIpc) is 3.00. The van der Waals surface area contributed by atoms with Crippen molar-refractivity contribution < 1.29 is 23.8 Å². The van der Waals surface area contributed by atoms with Gasteiger partial charge in [0.2, 0.25) is 0 Å². The third-order valence-electron chi connectivity index (χ3n) is 7.25. The van der Waals surface area contributed by atoms with Gasteiger partial charge in [0.05, 0.1) is 24.0 Å². The number of fused-ring (bicyclic) bond motifs is 1. The van der Waals surface area contributed by atoms with Gasteiger partial charge < -0.3 is 29.7 Å². The van der Waals surface area contributed by atoms with Crippen LogP contribution in [0.25, 0.3) is 11.1 Å². The number of aromatic nitrogens is 1. The first-order valence-electron chi connectivity index (χ1n) is 13.6. The Balaban J connectivity index is 1.57. The van der Waals surface area contributed by atoms with Gasteiger partial charge in [-0.15, -0.1) is 0 Å². The molecule has 0 bridgehead atoms. The summed E-state index contributed by atoms with van der Waals surface area (Å²) in [7, 11) is 5.01. The van der Waals surface area contributed by atoms with Gasteiger partial charge in [-0.1, -0.05) is 24.3 Å². The van der Waals surface area contributed by atoms with Crippen LogP contribution in [0.15, 0.2) is 85.2 Å². The molecule has 0 radical (unpaired) electrons. The lowest BCUT2D eigenvalue weighted by Crippen LogP contribution is -2.52. The number of likely N-dealkylation sites (N-methyl/N-ethyl adjacent to an activating group) is 1. The van der Waals surface area contributed by atoms with Crippen LogP contribution in [0.2, 0.25) is 0 Å². The van der Waals surface area contributed by atoms with E-state index in [9.17, 15) is 9.59 Å². The molecule has 4 aromatic rings. The van der Waals surface area contributed by atoms with Crippen LogP contribution < -0.4 is 25.0 Å². The van der Waals surface area contributed by atoms with E-state index in [2.05, 4.69) is 15.6 Å². The van der Waals surface area contributed by atoms with Gasteiger partial charge in [-0.25, -0.2) is 4.79 Å². The van der Waals surface area contributed by atoms with Crippen LogP contribution in [0.5, 0.6) is 11.5 Å². The van der Waals surface area contributed by atoms with Gasteiger partial charge in [-0.3, -0.25) is 9.78 Å². The number of benzene rings is 3. The number of methoxy groups -OCH3 is 2. The molecule has 1 unspecified atom stereocenters. The van der Waals surface area contributed by atoms with Crippen LogP contribution in [-0.4, -0.2) is 49.9 Å². The summed E-state index contributed by atoms with van der Waals surface area (Å²) in [6.07, 6.45) is 3.08. The molecule has 216 valence electrons. The third-order valence-corrected chi connectivity index (χ3v) is 7.25. The predicted molar refractivity (Wildman–Crippen MR) is 163 cm³/mol. The predicted octanol–water partition coefficient (Wildman–Crippen LogP) is 5.77. The molecule has 1 aliphatic rings. The van der Waals surface area contributed by atoms with E-state index < -0.39 is 17.7 Å². The van der Waals surface area contributed by atoms with Gasteiger partial charge in [0, 0.05) is 50.3 Å². The largest absolute Gasteiger partial charge is 0.496 e. The minimum absolute atomic E-state index is 0.0528. The molecule has 0 saturated heterocycles. The summed E-state index contributed by atoms with van der Waals surface area (Å²) in [6.45, 7) is 3.73. The van der Waals surface area contributed by atoms with E-state index in [1.54, 1.807) is 56.6 Å². The first-order chi connectivity index (χ1) is 20.2. The second-order valence-electron chi connectivity index (χ2n) is 10.5. The highest BCUT2D eigenvalue weighted by Gasteiger charge is 2.39. The van der Waals surface area contributed by atoms with Gasteiger partial charge in [-0.2, -0.15) is 0 Å². The van der Waals surface area contributed by atoms with Crippen molar-refractivity contribution in [1.29, 1.82) is 0 Å². The fourth-order valence-corrected chi connectivity index (χ4v) is 5.20. The maximum atomic E-state index is 13.4. The Morgan fingerprint density at radius 3 is 2.48 bits per heavy atom. The fraction of sp³-hybridized carbons (Fsp3) is 0.242.